The molecule has 0 bridgehead atoms. The van der Waals surface area contributed by atoms with Crippen molar-refractivity contribution in [1.82, 2.24) is 5.32 Å². The molecule has 0 heterocycles. The normalized spacial score (nSPS) is 12.8. The van der Waals surface area contributed by atoms with Crippen molar-refractivity contribution < 1.29 is 4.39 Å². The molecule has 114 valence electrons. The molecule has 1 N–H and O–H groups in total. The maximum Gasteiger partial charge on any atom is 0.123 e. The SMILES string of the molecule is CCC(CSC)N(C)c1ccc(F)cc1CNC(C)C. The summed E-state index contributed by atoms with van der Waals surface area (Å²) >= 11 is 1.85. The van der Waals surface area contributed by atoms with E-state index in [2.05, 4.69) is 44.3 Å². The summed E-state index contributed by atoms with van der Waals surface area (Å²) in [7, 11) is 2.11. The summed E-state index contributed by atoms with van der Waals surface area (Å²) in [6, 6.07) is 5.97. The second kappa shape index (κ2) is 8.53. The topological polar surface area (TPSA) is 15.3 Å². The van der Waals surface area contributed by atoms with E-state index in [1.165, 1.54) is 0 Å². The van der Waals surface area contributed by atoms with E-state index in [0.29, 0.717) is 18.6 Å². The van der Waals surface area contributed by atoms with Crippen LogP contribution in [0.25, 0.3) is 0 Å². The molecule has 2 nitrogen and oxygen atoms in total. The van der Waals surface area contributed by atoms with Crippen LogP contribution in [0.15, 0.2) is 18.2 Å². The molecular formula is C16H27FN2S. The lowest BCUT2D eigenvalue weighted by Gasteiger charge is -2.31. The van der Waals surface area contributed by atoms with Gasteiger partial charge in [-0.25, -0.2) is 4.39 Å². The van der Waals surface area contributed by atoms with Gasteiger partial charge in [0.15, 0.2) is 0 Å². The largest absolute Gasteiger partial charge is 0.371 e. The highest BCUT2D eigenvalue weighted by molar-refractivity contribution is 7.98. The van der Waals surface area contributed by atoms with Crippen LogP contribution in [0.2, 0.25) is 0 Å². The van der Waals surface area contributed by atoms with E-state index in [9.17, 15) is 4.39 Å². The Morgan fingerprint density at radius 3 is 2.60 bits per heavy atom. The smallest absolute Gasteiger partial charge is 0.123 e. The number of hydrogen-bond donors (Lipinski definition) is 1. The van der Waals surface area contributed by atoms with Crippen LogP contribution >= 0.6 is 11.8 Å². The quantitative estimate of drug-likeness (QED) is 0.783. The van der Waals surface area contributed by atoms with Gasteiger partial charge in [-0.3, -0.25) is 0 Å². The van der Waals surface area contributed by atoms with Crippen LogP contribution in [0.3, 0.4) is 0 Å². The number of nitrogens with one attached hydrogen (secondary N) is 1. The third-order valence-corrected chi connectivity index (χ3v) is 4.22. The Morgan fingerprint density at radius 2 is 2.05 bits per heavy atom. The van der Waals surface area contributed by atoms with Crippen molar-refractivity contribution >= 4 is 17.4 Å². The number of anilines is 1. The summed E-state index contributed by atoms with van der Waals surface area (Å²) in [4.78, 5) is 2.28. The molecule has 0 amide bonds. The molecule has 0 aliphatic carbocycles. The number of nitrogens with zero attached hydrogens (tertiary/aromatic N) is 1. The van der Waals surface area contributed by atoms with Gasteiger partial charge in [0.2, 0.25) is 0 Å². The van der Waals surface area contributed by atoms with Crippen LogP contribution in [-0.4, -0.2) is 31.1 Å². The third-order valence-electron chi connectivity index (χ3n) is 3.50. The third kappa shape index (κ3) is 4.98. The molecule has 1 unspecified atom stereocenters. The van der Waals surface area contributed by atoms with Gasteiger partial charge in [-0.2, -0.15) is 11.8 Å². The Balaban J connectivity index is 2.96. The van der Waals surface area contributed by atoms with E-state index >= 15 is 0 Å². The zero-order valence-electron chi connectivity index (χ0n) is 13.2. The molecule has 4 heteroatoms. The molecule has 0 spiro atoms. The van der Waals surface area contributed by atoms with Crippen molar-refractivity contribution in [2.45, 2.75) is 45.8 Å². The van der Waals surface area contributed by atoms with Gasteiger partial charge in [-0.05, 0) is 36.4 Å². The lowest BCUT2D eigenvalue weighted by Crippen LogP contribution is -2.34. The average Bonchev–Trinajstić information content (AvgIpc) is 2.42. The van der Waals surface area contributed by atoms with Crippen LogP contribution in [0, 0.1) is 5.82 Å². The first kappa shape index (κ1) is 17.3. The fraction of sp³-hybridized carbons (Fsp3) is 0.625. The molecule has 1 atom stereocenters. The molecular weight excluding hydrogens is 271 g/mol. The van der Waals surface area contributed by atoms with Crippen molar-refractivity contribution in [3.63, 3.8) is 0 Å². The van der Waals surface area contributed by atoms with Gasteiger partial charge >= 0.3 is 0 Å². The number of halogens is 1. The van der Waals surface area contributed by atoms with Gasteiger partial charge < -0.3 is 10.2 Å². The second-order valence-corrected chi connectivity index (χ2v) is 6.35. The first-order valence-corrected chi connectivity index (χ1v) is 8.62. The summed E-state index contributed by atoms with van der Waals surface area (Å²) in [5, 5.41) is 3.37. The van der Waals surface area contributed by atoms with Gasteiger partial charge in [0.1, 0.15) is 5.82 Å². The minimum absolute atomic E-state index is 0.166. The van der Waals surface area contributed by atoms with Crippen LogP contribution in [0.5, 0.6) is 0 Å². The van der Waals surface area contributed by atoms with E-state index in [-0.39, 0.29) is 5.82 Å². The molecule has 0 fully saturated rings. The van der Waals surface area contributed by atoms with Gasteiger partial charge in [0.05, 0.1) is 0 Å². The van der Waals surface area contributed by atoms with Crippen molar-refractivity contribution in [3.8, 4) is 0 Å². The van der Waals surface area contributed by atoms with Crippen molar-refractivity contribution in [1.29, 1.82) is 0 Å². The van der Waals surface area contributed by atoms with Crippen molar-refractivity contribution in [2.24, 2.45) is 0 Å². The monoisotopic (exact) mass is 298 g/mol. The molecule has 1 rings (SSSR count). The van der Waals surface area contributed by atoms with E-state index < -0.39 is 0 Å². The van der Waals surface area contributed by atoms with Gasteiger partial charge in [-0.15, -0.1) is 0 Å². The fourth-order valence-electron chi connectivity index (χ4n) is 2.25. The molecule has 0 aromatic heterocycles. The Labute approximate surface area is 127 Å². The Bertz CT molecular complexity index is 409. The summed E-state index contributed by atoms with van der Waals surface area (Å²) in [5.41, 5.74) is 2.15. The predicted molar refractivity (Wildman–Crippen MR) is 89.2 cm³/mol. The number of rotatable bonds is 8. The molecule has 1 aromatic rings. The highest BCUT2D eigenvalue weighted by Gasteiger charge is 2.16. The van der Waals surface area contributed by atoms with Crippen LogP contribution in [0.4, 0.5) is 10.1 Å². The van der Waals surface area contributed by atoms with E-state index in [4.69, 9.17) is 0 Å². The Morgan fingerprint density at radius 1 is 1.35 bits per heavy atom. The van der Waals surface area contributed by atoms with Crippen LogP contribution in [-0.2, 0) is 6.54 Å². The fourth-order valence-corrected chi connectivity index (χ4v) is 3.09. The summed E-state index contributed by atoms with van der Waals surface area (Å²) < 4.78 is 13.5. The number of thioether (sulfide) groups is 1. The first-order chi connectivity index (χ1) is 9.49. The Kier molecular flexibility index (Phi) is 7.38. The number of benzene rings is 1. The summed E-state index contributed by atoms with van der Waals surface area (Å²) in [5.74, 6) is 0.919. The summed E-state index contributed by atoms with van der Waals surface area (Å²) in [6.45, 7) is 7.11. The van der Waals surface area contributed by atoms with Crippen LogP contribution < -0.4 is 10.2 Å². The molecule has 0 aliphatic heterocycles. The molecule has 0 saturated heterocycles. The van der Waals surface area contributed by atoms with E-state index in [0.717, 1.165) is 23.4 Å². The average molecular weight is 298 g/mol. The van der Waals surface area contributed by atoms with Gasteiger partial charge in [0.25, 0.3) is 0 Å². The van der Waals surface area contributed by atoms with E-state index in [1.807, 2.05) is 17.8 Å². The van der Waals surface area contributed by atoms with E-state index in [1.54, 1.807) is 12.1 Å². The number of hydrogen-bond acceptors (Lipinski definition) is 3. The lowest BCUT2D eigenvalue weighted by atomic mass is 10.1. The molecule has 0 aliphatic rings. The standard InChI is InChI=1S/C16H27FN2S/c1-6-15(11-20-5)19(4)16-8-7-14(17)9-13(16)10-18-12(2)3/h7-9,12,15,18H,6,10-11H2,1-5H3. The minimum atomic E-state index is -0.166. The molecule has 0 saturated carbocycles. The Hall–Kier alpha value is -0.740. The van der Waals surface area contributed by atoms with Crippen molar-refractivity contribution in [2.75, 3.05) is 24.0 Å². The van der Waals surface area contributed by atoms with Gasteiger partial charge in [-0.1, -0.05) is 20.8 Å². The summed E-state index contributed by atoms with van der Waals surface area (Å²) in [6.07, 6.45) is 3.22. The van der Waals surface area contributed by atoms with Crippen LogP contribution in [0.1, 0.15) is 32.8 Å². The molecule has 20 heavy (non-hydrogen) atoms. The second-order valence-electron chi connectivity index (χ2n) is 5.44. The first-order valence-electron chi connectivity index (χ1n) is 7.23. The maximum absolute atomic E-state index is 13.5. The molecule has 0 radical (unpaired) electrons. The molecule has 1 aromatic carbocycles. The zero-order chi connectivity index (χ0) is 15.1. The van der Waals surface area contributed by atoms with Gasteiger partial charge in [0, 0.05) is 37.1 Å². The lowest BCUT2D eigenvalue weighted by molar-refractivity contribution is 0.578. The minimum Gasteiger partial charge on any atom is -0.371 e. The zero-order valence-corrected chi connectivity index (χ0v) is 14.1. The predicted octanol–water partition coefficient (Wildman–Crippen LogP) is 3.90. The highest BCUT2D eigenvalue weighted by atomic mass is 32.2. The highest BCUT2D eigenvalue weighted by Crippen LogP contribution is 2.24. The maximum atomic E-state index is 13.5. The van der Waals surface area contributed by atoms with Crippen molar-refractivity contribution in [3.05, 3.63) is 29.6 Å².